The number of nitrogens with zero attached hydrogens (tertiary/aromatic N) is 3. The van der Waals surface area contributed by atoms with E-state index in [0.717, 1.165) is 82.5 Å². The van der Waals surface area contributed by atoms with Crippen LogP contribution in [0.5, 0.6) is 0 Å². The number of para-hydroxylation sites is 1. The maximum Gasteiger partial charge on any atom is 0.164 e. The van der Waals surface area contributed by atoms with Crippen LogP contribution < -0.4 is 0 Å². The molecule has 0 unspecified atom stereocenters. The van der Waals surface area contributed by atoms with Crippen LogP contribution in [0.25, 0.3) is 111 Å². The van der Waals surface area contributed by atoms with Crippen molar-refractivity contribution in [1.29, 1.82) is 0 Å². The molecule has 54 heavy (non-hydrogen) atoms. The predicted molar refractivity (Wildman–Crippen MR) is 219 cm³/mol. The van der Waals surface area contributed by atoms with Crippen LogP contribution >= 0.6 is 0 Å². The Morgan fingerprint density at radius 3 is 1.63 bits per heavy atom. The van der Waals surface area contributed by atoms with Gasteiger partial charge in [0, 0.05) is 43.6 Å². The van der Waals surface area contributed by atoms with Gasteiger partial charge < -0.3 is 8.83 Å². The normalized spacial score (nSPS) is 11.7. The fraction of sp³-hybridized carbons (Fsp3) is 0. The first kappa shape index (κ1) is 30.3. The van der Waals surface area contributed by atoms with Gasteiger partial charge in [-0.1, -0.05) is 146 Å². The molecular weight excluding hydrogens is 663 g/mol. The molecule has 3 heterocycles. The molecule has 0 N–H and O–H groups in total. The molecule has 0 radical (unpaired) electrons. The van der Waals surface area contributed by atoms with Gasteiger partial charge in [-0.15, -0.1) is 0 Å². The second-order valence-corrected chi connectivity index (χ2v) is 13.5. The molecule has 3 aromatic heterocycles. The summed E-state index contributed by atoms with van der Waals surface area (Å²) in [6, 6.07) is 60.4. The number of hydrogen-bond acceptors (Lipinski definition) is 5. The van der Waals surface area contributed by atoms with Crippen molar-refractivity contribution in [3.63, 3.8) is 0 Å². The maximum atomic E-state index is 6.68. The summed E-state index contributed by atoms with van der Waals surface area (Å²) in [6.45, 7) is 0. The lowest BCUT2D eigenvalue weighted by Crippen LogP contribution is -2.00. The molecule has 0 saturated heterocycles. The average molecular weight is 692 g/mol. The third kappa shape index (κ3) is 4.83. The molecule has 0 bridgehead atoms. The fourth-order valence-corrected chi connectivity index (χ4v) is 7.87. The highest BCUT2D eigenvalue weighted by molar-refractivity contribution is 6.22. The number of rotatable bonds is 5. The lowest BCUT2D eigenvalue weighted by molar-refractivity contribution is 0.669. The van der Waals surface area contributed by atoms with Crippen LogP contribution in [0, 0.1) is 0 Å². The molecule has 0 saturated carbocycles. The number of fused-ring (bicyclic) bond motifs is 8. The van der Waals surface area contributed by atoms with Crippen molar-refractivity contribution in [3.8, 4) is 56.4 Å². The van der Waals surface area contributed by atoms with Gasteiger partial charge in [-0.05, 0) is 58.0 Å². The number of benzene rings is 8. The smallest absolute Gasteiger partial charge is 0.164 e. The summed E-state index contributed by atoms with van der Waals surface area (Å²) < 4.78 is 12.9. The summed E-state index contributed by atoms with van der Waals surface area (Å²) in [5.41, 5.74) is 10.5. The van der Waals surface area contributed by atoms with Crippen LogP contribution in [0.4, 0.5) is 0 Å². The monoisotopic (exact) mass is 691 g/mol. The minimum atomic E-state index is 0.588. The summed E-state index contributed by atoms with van der Waals surface area (Å²) in [4.78, 5) is 15.3. The first-order valence-electron chi connectivity index (χ1n) is 18.0. The second kappa shape index (κ2) is 12.1. The standard InChI is InChI=1S/C49H29N3O2/c1-3-14-30(15-4-1)39-29-40-44-34(23-12-27-43(44)54-46(40)36-21-8-7-20-35(36)39)32-18-11-19-33(28-32)48-50-47(31-16-5-2-6-17-31)51-49(52-48)38-24-13-26-42-45(38)37-22-9-10-25-41(37)53-42/h1-29H. The van der Waals surface area contributed by atoms with E-state index in [1.165, 1.54) is 11.1 Å². The van der Waals surface area contributed by atoms with E-state index in [-0.39, 0.29) is 0 Å². The third-order valence-corrected chi connectivity index (χ3v) is 10.3. The Labute approximate surface area is 309 Å². The van der Waals surface area contributed by atoms with Gasteiger partial charge in [0.1, 0.15) is 22.3 Å². The zero-order valence-corrected chi connectivity index (χ0v) is 28.9. The number of aromatic nitrogens is 3. The second-order valence-electron chi connectivity index (χ2n) is 13.5. The van der Waals surface area contributed by atoms with E-state index in [9.17, 15) is 0 Å². The molecule has 8 aromatic carbocycles. The molecule has 0 aliphatic carbocycles. The van der Waals surface area contributed by atoms with E-state index < -0.39 is 0 Å². The van der Waals surface area contributed by atoms with Crippen molar-refractivity contribution in [2.24, 2.45) is 0 Å². The Morgan fingerprint density at radius 1 is 0.296 bits per heavy atom. The lowest BCUT2D eigenvalue weighted by Gasteiger charge is -2.11. The first-order valence-corrected chi connectivity index (χ1v) is 18.0. The van der Waals surface area contributed by atoms with Gasteiger partial charge in [0.25, 0.3) is 0 Å². The zero-order valence-electron chi connectivity index (χ0n) is 28.9. The topological polar surface area (TPSA) is 65.0 Å². The van der Waals surface area contributed by atoms with Crippen molar-refractivity contribution in [2.75, 3.05) is 0 Å². The van der Waals surface area contributed by atoms with E-state index in [1.807, 2.05) is 60.7 Å². The van der Waals surface area contributed by atoms with Crippen LogP contribution in [0.15, 0.2) is 185 Å². The van der Waals surface area contributed by atoms with Crippen LogP contribution in [0.3, 0.4) is 0 Å². The van der Waals surface area contributed by atoms with E-state index >= 15 is 0 Å². The van der Waals surface area contributed by atoms with Gasteiger partial charge in [0.05, 0.1) is 0 Å². The molecule has 0 aliphatic heterocycles. The summed E-state index contributed by atoms with van der Waals surface area (Å²) in [7, 11) is 0. The fourth-order valence-electron chi connectivity index (χ4n) is 7.87. The van der Waals surface area contributed by atoms with E-state index in [0.29, 0.717) is 17.5 Å². The minimum absolute atomic E-state index is 0.588. The number of furan rings is 2. The highest BCUT2D eigenvalue weighted by Crippen LogP contribution is 2.43. The number of hydrogen-bond donors (Lipinski definition) is 0. The molecule has 5 nitrogen and oxygen atoms in total. The Kier molecular flexibility index (Phi) is 6.79. The molecule has 0 amide bonds. The Bertz CT molecular complexity index is 3220. The Balaban J connectivity index is 1.12. The van der Waals surface area contributed by atoms with Crippen molar-refractivity contribution < 1.29 is 8.83 Å². The zero-order chi connectivity index (χ0) is 35.6. The molecule has 11 rings (SSSR count). The van der Waals surface area contributed by atoms with Gasteiger partial charge in [-0.25, -0.2) is 15.0 Å². The molecular formula is C49H29N3O2. The van der Waals surface area contributed by atoms with Crippen molar-refractivity contribution in [1.82, 2.24) is 15.0 Å². The van der Waals surface area contributed by atoms with Crippen LogP contribution in [-0.2, 0) is 0 Å². The third-order valence-electron chi connectivity index (χ3n) is 10.3. The van der Waals surface area contributed by atoms with Gasteiger partial charge in [-0.3, -0.25) is 0 Å². The lowest BCUT2D eigenvalue weighted by atomic mass is 9.93. The largest absolute Gasteiger partial charge is 0.456 e. The summed E-state index contributed by atoms with van der Waals surface area (Å²) in [6.07, 6.45) is 0. The van der Waals surface area contributed by atoms with Gasteiger partial charge in [-0.2, -0.15) is 0 Å². The minimum Gasteiger partial charge on any atom is -0.456 e. The van der Waals surface area contributed by atoms with E-state index in [2.05, 4.69) is 115 Å². The Morgan fingerprint density at radius 2 is 0.833 bits per heavy atom. The molecule has 5 heteroatoms. The molecule has 0 fully saturated rings. The Hall–Kier alpha value is -7.37. The van der Waals surface area contributed by atoms with Gasteiger partial charge >= 0.3 is 0 Å². The van der Waals surface area contributed by atoms with E-state index in [1.54, 1.807) is 0 Å². The summed E-state index contributed by atoms with van der Waals surface area (Å²) in [5.74, 6) is 1.78. The quantitative estimate of drug-likeness (QED) is 0.180. The van der Waals surface area contributed by atoms with Gasteiger partial charge in [0.2, 0.25) is 0 Å². The molecule has 0 aliphatic rings. The first-order chi connectivity index (χ1) is 26.8. The van der Waals surface area contributed by atoms with Crippen LogP contribution in [-0.4, -0.2) is 15.0 Å². The highest BCUT2D eigenvalue weighted by atomic mass is 16.3. The van der Waals surface area contributed by atoms with Crippen molar-refractivity contribution in [3.05, 3.63) is 176 Å². The van der Waals surface area contributed by atoms with Gasteiger partial charge in [0.15, 0.2) is 17.5 Å². The molecule has 0 atom stereocenters. The average Bonchev–Trinajstić information content (AvgIpc) is 3.83. The maximum absolute atomic E-state index is 6.68. The van der Waals surface area contributed by atoms with Crippen LogP contribution in [0.1, 0.15) is 0 Å². The van der Waals surface area contributed by atoms with E-state index in [4.69, 9.17) is 23.8 Å². The predicted octanol–water partition coefficient (Wildman–Crippen LogP) is 13.2. The molecule has 11 aromatic rings. The molecule has 0 spiro atoms. The SMILES string of the molecule is c1ccc(-c2nc(-c3cccc(-c4cccc5oc6c7ccccc7c(-c7ccccc7)cc6c45)c3)nc(-c3cccc4oc5ccccc5c34)n2)cc1. The van der Waals surface area contributed by atoms with Crippen molar-refractivity contribution >= 4 is 54.6 Å². The van der Waals surface area contributed by atoms with Crippen LogP contribution in [0.2, 0.25) is 0 Å². The van der Waals surface area contributed by atoms with Crippen molar-refractivity contribution in [2.45, 2.75) is 0 Å². The summed E-state index contributed by atoms with van der Waals surface area (Å²) in [5, 5.41) is 6.43. The summed E-state index contributed by atoms with van der Waals surface area (Å²) >= 11 is 0. The molecule has 252 valence electrons. The highest BCUT2D eigenvalue weighted by Gasteiger charge is 2.20.